The third kappa shape index (κ3) is 1.96. The molecular weight excluding hydrogens is 292 g/mol. The average Bonchev–Trinajstić information content (AvgIpc) is 2.03. The summed E-state index contributed by atoms with van der Waals surface area (Å²) in [4.78, 5) is 0. The Hall–Kier alpha value is -0.0800. The molecule has 0 rings (SSSR count). The lowest BCUT2D eigenvalue weighted by molar-refractivity contribution is -0.331. The molecule has 0 aromatic heterocycles. The van der Waals surface area contributed by atoms with Crippen molar-refractivity contribution < 1.29 is 35.1 Å². The number of alkyl halides is 9. The van der Waals surface area contributed by atoms with Crippen LogP contribution in [0.4, 0.5) is 35.1 Å². The molecule has 0 aromatic rings. The van der Waals surface area contributed by atoms with E-state index in [2.05, 4.69) is 0 Å². The van der Waals surface area contributed by atoms with E-state index in [9.17, 15) is 35.1 Å². The number of hydrogen-bond acceptors (Lipinski definition) is 0. The second-order valence-electron chi connectivity index (χ2n) is 2.34. The predicted molar refractivity (Wildman–Crippen MR) is 34.6 cm³/mol. The van der Waals surface area contributed by atoms with Gasteiger partial charge in [-0.15, -0.1) is 0 Å². The van der Waals surface area contributed by atoms with Gasteiger partial charge in [0.15, 0.2) is 0 Å². The van der Waals surface area contributed by atoms with Crippen molar-refractivity contribution in [2.24, 2.45) is 0 Å². The Morgan fingerprint density at radius 1 is 0.929 bits per heavy atom. The molecule has 0 aromatic carbocycles. The molecule has 0 aliphatic rings. The van der Waals surface area contributed by atoms with E-state index in [1.807, 2.05) is 15.9 Å². The van der Waals surface area contributed by atoms with E-state index < -0.39 is 29.5 Å². The van der Waals surface area contributed by atoms with Crippen molar-refractivity contribution in [2.75, 3.05) is 5.33 Å². The first-order valence-electron chi connectivity index (χ1n) is 2.98. The van der Waals surface area contributed by atoms with Crippen LogP contribution in [-0.4, -0.2) is 29.5 Å². The maximum Gasteiger partial charge on any atom is 0.378 e. The van der Waals surface area contributed by atoms with Crippen molar-refractivity contribution in [1.29, 1.82) is 0 Å². The molecule has 0 unspecified atom stereocenters. The first-order chi connectivity index (χ1) is 6.00. The van der Waals surface area contributed by atoms with Crippen molar-refractivity contribution in [3.8, 4) is 0 Å². The second kappa shape index (κ2) is 3.82. The molecule has 0 nitrogen and oxygen atoms in total. The molecule has 0 fully saturated rings. The molecule has 9 heteroatoms. The van der Waals surface area contributed by atoms with Gasteiger partial charge in [0.2, 0.25) is 0 Å². The van der Waals surface area contributed by atoms with Crippen LogP contribution in [-0.2, 0) is 0 Å². The Labute approximate surface area is 81.4 Å². The first kappa shape index (κ1) is 13.9. The Bertz CT molecular complexity index is 200. The van der Waals surface area contributed by atoms with Gasteiger partial charge in [0.1, 0.15) is 0 Å². The maximum atomic E-state index is 12.2. The average molecular weight is 295 g/mol. The van der Waals surface area contributed by atoms with Crippen molar-refractivity contribution in [3.05, 3.63) is 0 Å². The van der Waals surface area contributed by atoms with E-state index in [0.717, 1.165) is 0 Å². The van der Waals surface area contributed by atoms with E-state index in [1.165, 1.54) is 0 Å². The van der Waals surface area contributed by atoms with Gasteiger partial charge >= 0.3 is 24.2 Å². The predicted octanol–water partition coefficient (Wildman–Crippen LogP) is 3.55. The third-order valence-corrected chi connectivity index (χ3v) is 2.02. The minimum atomic E-state index is -6.10. The van der Waals surface area contributed by atoms with Crippen molar-refractivity contribution in [2.45, 2.75) is 24.2 Å². The lowest BCUT2D eigenvalue weighted by atomic mass is 10.1. The Kier molecular flexibility index (Phi) is 3.80. The molecule has 0 bridgehead atoms. The first-order valence-corrected chi connectivity index (χ1v) is 4.10. The normalized spacial score (nSPS) is 15.0. The number of rotatable bonds is 4. The summed E-state index contributed by atoms with van der Waals surface area (Å²) < 4.78 is 95.6. The van der Waals surface area contributed by atoms with Crippen LogP contribution in [0, 0.1) is 0 Å². The van der Waals surface area contributed by atoms with Crippen molar-refractivity contribution >= 4 is 15.9 Å². The zero-order valence-corrected chi connectivity index (χ0v) is 7.77. The van der Waals surface area contributed by atoms with Gasteiger partial charge in [0, 0.05) is 0 Å². The van der Waals surface area contributed by atoms with Crippen LogP contribution in [0.3, 0.4) is 0 Å². The number of hydrogen-bond donors (Lipinski definition) is 0. The molecule has 0 N–H and O–H groups in total. The van der Waals surface area contributed by atoms with Gasteiger partial charge in [0.25, 0.3) is 0 Å². The van der Waals surface area contributed by atoms with E-state index in [0.29, 0.717) is 0 Å². The van der Waals surface area contributed by atoms with Gasteiger partial charge in [-0.05, 0) is 0 Å². The monoisotopic (exact) mass is 294 g/mol. The zero-order chi connectivity index (χ0) is 11.8. The van der Waals surface area contributed by atoms with Gasteiger partial charge in [-0.2, -0.15) is 26.3 Å². The molecule has 0 aliphatic heterocycles. The standard InChI is InChI=1S/C5H3BrF8/c6-1-3(9,10)5(13,14)4(11,12)2(7)8/h2H,1H2. The topological polar surface area (TPSA) is 0 Å². The van der Waals surface area contributed by atoms with E-state index in [4.69, 9.17) is 0 Å². The summed E-state index contributed by atoms with van der Waals surface area (Å²) in [5.74, 6) is -17.4. The van der Waals surface area contributed by atoms with Crippen molar-refractivity contribution in [1.82, 2.24) is 0 Å². The molecule has 0 aliphatic carbocycles. The van der Waals surface area contributed by atoms with Gasteiger partial charge in [-0.1, -0.05) is 15.9 Å². The van der Waals surface area contributed by atoms with Crippen LogP contribution in [0.1, 0.15) is 0 Å². The quantitative estimate of drug-likeness (QED) is 0.549. The summed E-state index contributed by atoms with van der Waals surface area (Å²) >= 11 is 1.84. The molecule has 0 radical (unpaired) electrons. The maximum absolute atomic E-state index is 12.2. The minimum Gasteiger partial charge on any atom is -0.203 e. The van der Waals surface area contributed by atoms with E-state index >= 15 is 0 Å². The van der Waals surface area contributed by atoms with Crippen LogP contribution in [0.15, 0.2) is 0 Å². The zero-order valence-electron chi connectivity index (χ0n) is 6.19. The van der Waals surface area contributed by atoms with E-state index in [-0.39, 0.29) is 0 Å². The number of halogens is 9. The highest BCUT2D eigenvalue weighted by atomic mass is 79.9. The molecule has 86 valence electrons. The summed E-state index contributed by atoms with van der Waals surface area (Å²) in [6.45, 7) is 0. The summed E-state index contributed by atoms with van der Waals surface area (Å²) in [6.07, 6.45) is -4.86. The summed E-state index contributed by atoms with van der Waals surface area (Å²) in [5.41, 5.74) is 0. The Morgan fingerprint density at radius 3 is 1.50 bits per heavy atom. The SMILES string of the molecule is FC(F)C(F)(F)C(F)(F)C(F)(F)CBr. The fourth-order valence-electron chi connectivity index (χ4n) is 0.465. The highest BCUT2D eigenvalue weighted by molar-refractivity contribution is 9.09. The van der Waals surface area contributed by atoms with Crippen LogP contribution < -0.4 is 0 Å². The Morgan fingerprint density at radius 2 is 1.29 bits per heavy atom. The fraction of sp³-hybridized carbons (Fsp3) is 1.00. The van der Waals surface area contributed by atoms with Gasteiger partial charge in [0.05, 0.1) is 5.33 Å². The van der Waals surface area contributed by atoms with Crippen molar-refractivity contribution in [3.63, 3.8) is 0 Å². The molecule has 0 amide bonds. The molecule has 0 saturated carbocycles. The summed E-state index contributed by atoms with van der Waals surface area (Å²) in [5, 5.41) is -1.84. The molecule has 0 heterocycles. The molecule has 0 saturated heterocycles. The van der Waals surface area contributed by atoms with Gasteiger partial charge in [-0.3, -0.25) is 0 Å². The highest BCUT2D eigenvalue weighted by Crippen LogP contribution is 2.48. The van der Waals surface area contributed by atoms with Crippen LogP contribution >= 0.6 is 15.9 Å². The molecule has 0 spiro atoms. The lowest BCUT2D eigenvalue weighted by Crippen LogP contribution is -2.58. The highest BCUT2D eigenvalue weighted by Gasteiger charge is 2.74. The smallest absolute Gasteiger partial charge is 0.203 e. The summed E-state index contributed by atoms with van der Waals surface area (Å²) in [6, 6.07) is 0. The fourth-order valence-corrected chi connectivity index (χ4v) is 0.817. The van der Waals surface area contributed by atoms with Gasteiger partial charge < -0.3 is 0 Å². The molecular formula is C5H3BrF8. The third-order valence-electron chi connectivity index (χ3n) is 1.32. The summed E-state index contributed by atoms with van der Waals surface area (Å²) in [7, 11) is 0. The van der Waals surface area contributed by atoms with Crippen LogP contribution in [0.5, 0.6) is 0 Å². The van der Waals surface area contributed by atoms with Gasteiger partial charge in [-0.25, -0.2) is 8.78 Å². The van der Waals surface area contributed by atoms with Crippen LogP contribution in [0.25, 0.3) is 0 Å². The molecule has 14 heavy (non-hydrogen) atoms. The van der Waals surface area contributed by atoms with Crippen LogP contribution in [0.2, 0.25) is 0 Å². The minimum absolute atomic E-state index is 1.84. The molecule has 0 atom stereocenters. The second-order valence-corrected chi connectivity index (χ2v) is 2.90. The van der Waals surface area contributed by atoms with E-state index in [1.54, 1.807) is 0 Å². The largest absolute Gasteiger partial charge is 0.378 e. The Balaban J connectivity index is 5.14. The lowest BCUT2D eigenvalue weighted by Gasteiger charge is -2.31.